The van der Waals surface area contributed by atoms with Crippen molar-refractivity contribution in [2.75, 3.05) is 20.8 Å². The number of hydrogen-bond donors (Lipinski definition) is 2. The molecule has 5 nitrogen and oxygen atoms in total. The molecular formula is C17H21FN2O3. The number of rotatable bonds is 7. The fourth-order valence-corrected chi connectivity index (χ4v) is 2.36. The summed E-state index contributed by atoms with van der Waals surface area (Å²) < 4.78 is 23.8. The summed E-state index contributed by atoms with van der Waals surface area (Å²) in [6.07, 6.45) is 0.799. The molecule has 1 aromatic carbocycles. The van der Waals surface area contributed by atoms with Crippen molar-refractivity contribution in [3.8, 4) is 11.6 Å². The third-order valence-electron chi connectivity index (χ3n) is 3.63. The Labute approximate surface area is 135 Å². The van der Waals surface area contributed by atoms with E-state index in [2.05, 4.69) is 10.3 Å². The molecular weight excluding hydrogens is 299 g/mol. The van der Waals surface area contributed by atoms with E-state index in [1.807, 2.05) is 13.0 Å². The number of ether oxygens (including phenoxy) is 2. The van der Waals surface area contributed by atoms with Crippen molar-refractivity contribution in [1.82, 2.24) is 10.3 Å². The number of nitrogens with one attached hydrogen (secondary N) is 1. The van der Waals surface area contributed by atoms with Gasteiger partial charge in [-0.15, -0.1) is 0 Å². The van der Waals surface area contributed by atoms with Gasteiger partial charge in [-0.05, 0) is 36.8 Å². The Kier molecular flexibility index (Phi) is 5.90. The zero-order valence-corrected chi connectivity index (χ0v) is 13.5. The minimum Gasteiger partial charge on any atom is -0.496 e. The Balaban J connectivity index is 2.03. The first kappa shape index (κ1) is 17.2. The number of halogens is 1. The third kappa shape index (κ3) is 4.18. The summed E-state index contributed by atoms with van der Waals surface area (Å²) in [5, 5.41) is 13.4. The summed E-state index contributed by atoms with van der Waals surface area (Å²) in [6.45, 7) is 2.70. The number of aliphatic hydroxyl groups excluding tert-OH is 1. The molecule has 0 aliphatic carbocycles. The predicted molar refractivity (Wildman–Crippen MR) is 85.1 cm³/mol. The molecule has 0 aliphatic heterocycles. The SMILES string of the molecule is COc1ccc(F)cc1C(O)CNCc1c(C)ccnc1OC. The summed E-state index contributed by atoms with van der Waals surface area (Å²) in [6, 6.07) is 5.97. The number of aromatic nitrogens is 1. The van der Waals surface area contributed by atoms with Crippen molar-refractivity contribution in [3.05, 3.63) is 53.0 Å². The normalized spacial score (nSPS) is 12.0. The van der Waals surface area contributed by atoms with E-state index in [1.54, 1.807) is 13.3 Å². The van der Waals surface area contributed by atoms with E-state index in [1.165, 1.54) is 25.3 Å². The summed E-state index contributed by atoms with van der Waals surface area (Å²) in [5.74, 6) is 0.593. The number of hydrogen-bond acceptors (Lipinski definition) is 5. The van der Waals surface area contributed by atoms with Gasteiger partial charge in [0.2, 0.25) is 5.88 Å². The first-order valence-corrected chi connectivity index (χ1v) is 7.27. The van der Waals surface area contributed by atoms with E-state index in [0.717, 1.165) is 11.1 Å². The first-order chi connectivity index (χ1) is 11.1. The van der Waals surface area contributed by atoms with Crippen molar-refractivity contribution >= 4 is 0 Å². The Hall–Kier alpha value is -2.18. The van der Waals surface area contributed by atoms with Crippen LogP contribution in [0, 0.1) is 12.7 Å². The van der Waals surface area contributed by atoms with Gasteiger partial charge in [0, 0.05) is 30.4 Å². The highest BCUT2D eigenvalue weighted by molar-refractivity contribution is 5.36. The fraction of sp³-hybridized carbons (Fsp3) is 0.353. The van der Waals surface area contributed by atoms with Crippen LogP contribution in [-0.2, 0) is 6.54 Å². The van der Waals surface area contributed by atoms with Gasteiger partial charge in [0.25, 0.3) is 0 Å². The monoisotopic (exact) mass is 320 g/mol. The standard InChI is InChI=1S/C17H21FN2O3/c1-11-6-7-20-17(23-3)14(11)9-19-10-15(21)13-8-12(18)4-5-16(13)22-2/h4-8,15,19,21H,9-10H2,1-3H3. The van der Waals surface area contributed by atoms with Gasteiger partial charge in [0.15, 0.2) is 0 Å². The van der Waals surface area contributed by atoms with Crippen LogP contribution in [0.15, 0.2) is 30.5 Å². The molecule has 2 rings (SSSR count). The summed E-state index contributed by atoms with van der Waals surface area (Å²) in [7, 11) is 3.05. The van der Waals surface area contributed by atoms with Gasteiger partial charge in [-0.1, -0.05) is 0 Å². The molecule has 0 aliphatic rings. The molecule has 0 bridgehead atoms. The van der Waals surface area contributed by atoms with Crippen LogP contribution < -0.4 is 14.8 Å². The van der Waals surface area contributed by atoms with Gasteiger partial charge in [0.05, 0.1) is 20.3 Å². The number of aliphatic hydroxyl groups is 1. The molecule has 23 heavy (non-hydrogen) atoms. The van der Waals surface area contributed by atoms with Crippen LogP contribution in [-0.4, -0.2) is 30.9 Å². The first-order valence-electron chi connectivity index (χ1n) is 7.27. The molecule has 0 saturated heterocycles. The molecule has 124 valence electrons. The quantitative estimate of drug-likeness (QED) is 0.820. The molecule has 2 aromatic rings. The van der Waals surface area contributed by atoms with Crippen LogP contribution in [0.1, 0.15) is 22.8 Å². The topological polar surface area (TPSA) is 63.6 Å². The van der Waals surface area contributed by atoms with E-state index in [0.29, 0.717) is 23.7 Å². The van der Waals surface area contributed by atoms with Crippen LogP contribution in [0.3, 0.4) is 0 Å². The molecule has 1 unspecified atom stereocenters. The van der Waals surface area contributed by atoms with Crippen LogP contribution in [0.5, 0.6) is 11.6 Å². The zero-order chi connectivity index (χ0) is 16.8. The van der Waals surface area contributed by atoms with Gasteiger partial charge < -0.3 is 19.9 Å². The Morgan fingerprint density at radius 3 is 2.74 bits per heavy atom. The van der Waals surface area contributed by atoms with Gasteiger partial charge in [-0.3, -0.25) is 0 Å². The second-order valence-electron chi connectivity index (χ2n) is 5.15. The minimum absolute atomic E-state index is 0.247. The lowest BCUT2D eigenvalue weighted by atomic mass is 10.1. The maximum atomic E-state index is 13.4. The van der Waals surface area contributed by atoms with Gasteiger partial charge >= 0.3 is 0 Å². The highest BCUT2D eigenvalue weighted by Crippen LogP contribution is 2.26. The number of methoxy groups -OCH3 is 2. The smallest absolute Gasteiger partial charge is 0.217 e. The Morgan fingerprint density at radius 2 is 2.04 bits per heavy atom. The van der Waals surface area contributed by atoms with Crippen molar-refractivity contribution in [2.24, 2.45) is 0 Å². The van der Waals surface area contributed by atoms with Crippen LogP contribution in [0.25, 0.3) is 0 Å². The summed E-state index contributed by atoms with van der Waals surface area (Å²) in [5.41, 5.74) is 2.38. The highest BCUT2D eigenvalue weighted by atomic mass is 19.1. The van der Waals surface area contributed by atoms with Crippen molar-refractivity contribution in [2.45, 2.75) is 19.6 Å². The number of nitrogens with zero attached hydrogens (tertiary/aromatic N) is 1. The maximum absolute atomic E-state index is 13.4. The minimum atomic E-state index is -0.886. The molecule has 1 atom stereocenters. The lowest BCUT2D eigenvalue weighted by Crippen LogP contribution is -2.22. The van der Waals surface area contributed by atoms with Crippen LogP contribution in [0.4, 0.5) is 4.39 Å². The average molecular weight is 320 g/mol. The van der Waals surface area contributed by atoms with Crippen molar-refractivity contribution in [1.29, 1.82) is 0 Å². The average Bonchev–Trinajstić information content (AvgIpc) is 2.56. The third-order valence-corrected chi connectivity index (χ3v) is 3.63. The fourth-order valence-electron chi connectivity index (χ4n) is 2.36. The lowest BCUT2D eigenvalue weighted by molar-refractivity contribution is 0.169. The molecule has 1 heterocycles. The maximum Gasteiger partial charge on any atom is 0.217 e. The second-order valence-corrected chi connectivity index (χ2v) is 5.15. The summed E-state index contributed by atoms with van der Waals surface area (Å²) >= 11 is 0. The number of aryl methyl sites for hydroxylation is 1. The van der Waals surface area contributed by atoms with E-state index >= 15 is 0 Å². The Bertz CT molecular complexity index is 664. The summed E-state index contributed by atoms with van der Waals surface area (Å²) in [4.78, 5) is 4.16. The molecule has 2 N–H and O–H groups in total. The molecule has 6 heteroatoms. The van der Waals surface area contributed by atoms with E-state index in [-0.39, 0.29) is 6.54 Å². The van der Waals surface area contributed by atoms with Gasteiger partial charge in [0.1, 0.15) is 11.6 Å². The van der Waals surface area contributed by atoms with Crippen LogP contribution in [0.2, 0.25) is 0 Å². The van der Waals surface area contributed by atoms with Gasteiger partial charge in [-0.25, -0.2) is 9.37 Å². The number of pyridine rings is 1. The molecule has 0 amide bonds. The predicted octanol–water partition coefficient (Wildman–Crippen LogP) is 2.37. The Morgan fingerprint density at radius 1 is 1.26 bits per heavy atom. The van der Waals surface area contributed by atoms with E-state index in [9.17, 15) is 9.50 Å². The number of benzene rings is 1. The highest BCUT2D eigenvalue weighted by Gasteiger charge is 2.15. The molecule has 0 fully saturated rings. The second kappa shape index (κ2) is 7.89. The molecule has 0 saturated carbocycles. The molecule has 0 spiro atoms. The van der Waals surface area contributed by atoms with E-state index in [4.69, 9.17) is 9.47 Å². The molecule has 1 aromatic heterocycles. The van der Waals surface area contributed by atoms with Crippen molar-refractivity contribution in [3.63, 3.8) is 0 Å². The zero-order valence-electron chi connectivity index (χ0n) is 13.5. The van der Waals surface area contributed by atoms with Gasteiger partial charge in [-0.2, -0.15) is 0 Å². The molecule has 0 radical (unpaired) electrons. The van der Waals surface area contributed by atoms with Crippen molar-refractivity contribution < 1.29 is 19.0 Å². The largest absolute Gasteiger partial charge is 0.496 e. The van der Waals surface area contributed by atoms with E-state index < -0.39 is 11.9 Å². The lowest BCUT2D eigenvalue weighted by Gasteiger charge is -2.17. The van der Waals surface area contributed by atoms with Crippen LogP contribution >= 0.6 is 0 Å².